The zero-order valence-corrected chi connectivity index (χ0v) is 21.6. The van der Waals surface area contributed by atoms with Gasteiger partial charge in [-0.3, -0.25) is 19.7 Å². The van der Waals surface area contributed by atoms with E-state index in [-0.39, 0.29) is 48.1 Å². The molecule has 0 aliphatic carbocycles. The lowest BCUT2D eigenvalue weighted by Crippen LogP contribution is -2.30. The van der Waals surface area contributed by atoms with Crippen LogP contribution in [0.3, 0.4) is 0 Å². The number of hydrogen-bond acceptors (Lipinski definition) is 5. The highest BCUT2D eigenvalue weighted by molar-refractivity contribution is 7.99. The third-order valence-corrected chi connectivity index (χ3v) is 7.87. The van der Waals surface area contributed by atoms with Gasteiger partial charge in [-0.2, -0.15) is 0 Å². The molecule has 0 saturated heterocycles. The van der Waals surface area contributed by atoms with Crippen LogP contribution in [0.2, 0.25) is 0 Å². The van der Waals surface area contributed by atoms with Gasteiger partial charge >= 0.3 is 0 Å². The van der Waals surface area contributed by atoms with Crippen LogP contribution in [0, 0.1) is 15.9 Å². The Morgan fingerprint density at radius 3 is 2.36 bits per heavy atom. The fraction of sp³-hybridized carbons (Fsp3) is 0.133. The molecule has 0 saturated carbocycles. The number of para-hydroxylation sites is 2. The van der Waals surface area contributed by atoms with E-state index in [1.165, 1.54) is 12.1 Å². The normalized spacial score (nSPS) is 14.8. The molecular weight excluding hydrogens is 517 g/mol. The van der Waals surface area contributed by atoms with Crippen molar-refractivity contribution in [2.75, 3.05) is 4.90 Å². The molecule has 7 nitrogen and oxygen atoms in total. The van der Waals surface area contributed by atoms with Crippen LogP contribution in [0.25, 0.3) is 0 Å². The lowest BCUT2D eigenvalue weighted by atomic mass is 10.0. The van der Waals surface area contributed by atoms with E-state index in [1.807, 2.05) is 36.4 Å². The maximum Gasteiger partial charge on any atom is 0.274 e. The zero-order valence-electron chi connectivity index (χ0n) is 20.7. The van der Waals surface area contributed by atoms with Gasteiger partial charge < -0.3 is 10.2 Å². The van der Waals surface area contributed by atoms with Crippen molar-refractivity contribution in [3.63, 3.8) is 0 Å². The lowest BCUT2D eigenvalue weighted by molar-refractivity contribution is -0.385. The molecule has 196 valence electrons. The molecule has 1 N–H and O–H groups in total. The minimum absolute atomic E-state index is 0.0277. The topological polar surface area (TPSA) is 92.6 Å². The average Bonchev–Trinajstić information content (AvgIpc) is 3.09. The number of nitro benzene ring substituents is 1. The van der Waals surface area contributed by atoms with Crippen molar-refractivity contribution in [1.82, 2.24) is 5.32 Å². The highest BCUT2D eigenvalue weighted by atomic mass is 32.2. The second-order valence-corrected chi connectivity index (χ2v) is 10.3. The van der Waals surface area contributed by atoms with E-state index in [4.69, 9.17) is 0 Å². The number of hydrogen-bond donors (Lipinski definition) is 1. The molecule has 0 aromatic heterocycles. The first-order valence-corrected chi connectivity index (χ1v) is 13.2. The first-order chi connectivity index (χ1) is 18.9. The summed E-state index contributed by atoms with van der Waals surface area (Å²) < 4.78 is 13.9. The Hall–Kier alpha value is -4.50. The molecule has 1 aliphatic heterocycles. The molecule has 1 heterocycles. The van der Waals surface area contributed by atoms with Crippen LogP contribution in [-0.4, -0.2) is 16.7 Å². The van der Waals surface area contributed by atoms with Gasteiger partial charge in [0.25, 0.3) is 11.6 Å². The number of benzene rings is 4. The SMILES string of the molecule is O=C(NCc1ccccc1F)c1ccc(C2CC(=O)N(Cc3ccccc3[N+](=O)[O-])c3ccccc3S2)cc1. The summed E-state index contributed by atoms with van der Waals surface area (Å²) in [5.74, 6) is -0.850. The van der Waals surface area contributed by atoms with Crippen molar-refractivity contribution in [2.45, 2.75) is 29.7 Å². The average molecular weight is 542 g/mol. The molecule has 2 amide bonds. The predicted octanol–water partition coefficient (Wildman–Crippen LogP) is 6.43. The van der Waals surface area contributed by atoms with Crippen molar-refractivity contribution >= 4 is 35.0 Å². The first kappa shape index (κ1) is 26.1. The second kappa shape index (κ2) is 11.5. The van der Waals surface area contributed by atoms with E-state index in [0.29, 0.717) is 22.4 Å². The van der Waals surface area contributed by atoms with Gasteiger partial charge in [-0.25, -0.2) is 4.39 Å². The number of nitro groups is 1. The monoisotopic (exact) mass is 541 g/mol. The number of nitrogens with zero attached hydrogens (tertiary/aromatic N) is 2. The third-order valence-electron chi connectivity index (χ3n) is 6.55. The van der Waals surface area contributed by atoms with Crippen LogP contribution in [0.15, 0.2) is 102 Å². The van der Waals surface area contributed by atoms with Gasteiger partial charge in [0.05, 0.1) is 17.2 Å². The summed E-state index contributed by atoms with van der Waals surface area (Å²) in [5.41, 5.74) is 2.84. The summed E-state index contributed by atoms with van der Waals surface area (Å²) in [6, 6.07) is 27.3. The molecule has 0 fully saturated rings. The highest BCUT2D eigenvalue weighted by Gasteiger charge is 2.30. The number of fused-ring (bicyclic) bond motifs is 1. The van der Waals surface area contributed by atoms with Gasteiger partial charge in [-0.05, 0) is 35.9 Å². The van der Waals surface area contributed by atoms with Crippen LogP contribution in [0.1, 0.15) is 38.7 Å². The predicted molar refractivity (Wildman–Crippen MR) is 148 cm³/mol. The van der Waals surface area contributed by atoms with E-state index in [9.17, 15) is 24.1 Å². The maximum atomic E-state index is 13.9. The standard InChI is InChI=1S/C30H24FN3O4S/c31-24-9-3-1-7-22(24)18-32-30(36)21-15-13-20(14-16-21)28-17-29(35)33(26-11-5-6-12-27(26)39-28)19-23-8-2-4-10-25(23)34(37)38/h1-16,28H,17-19H2,(H,32,36). The van der Waals surface area contributed by atoms with Crippen LogP contribution in [0.5, 0.6) is 0 Å². The molecule has 0 bridgehead atoms. The van der Waals surface area contributed by atoms with E-state index >= 15 is 0 Å². The summed E-state index contributed by atoms with van der Waals surface area (Å²) in [4.78, 5) is 39.8. The minimum atomic E-state index is -0.435. The molecule has 1 aliphatic rings. The molecule has 9 heteroatoms. The molecule has 0 radical (unpaired) electrons. The number of carbonyl (C=O) groups excluding carboxylic acids is 2. The zero-order chi connectivity index (χ0) is 27.4. The number of carbonyl (C=O) groups is 2. The van der Waals surface area contributed by atoms with Gasteiger partial charge in [0.2, 0.25) is 5.91 Å². The van der Waals surface area contributed by atoms with Crippen molar-refractivity contribution in [3.8, 4) is 0 Å². The lowest BCUT2D eigenvalue weighted by Gasteiger charge is -2.22. The summed E-state index contributed by atoms with van der Waals surface area (Å²) in [7, 11) is 0. The van der Waals surface area contributed by atoms with Crippen molar-refractivity contribution < 1.29 is 18.9 Å². The summed E-state index contributed by atoms with van der Waals surface area (Å²) in [6.07, 6.45) is 0.179. The fourth-order valence-electron chi connectivity index (χ4n) is 4.50. The van der Waals surface area contributed by atoms with Crippen LogP contribution in [0.4, 0.5) is 15.8 Å². The third kappa shape index (κ3) is 5.83. The number of amides is 2. The van der Waals surface area contributed by atoms with E-state index in [1.54, 1.807) is 65.2 Å². The van der Waals surface area contributed by atoms with E-state index in [2.05, 4.69) is 5.32 Å². The fourth-order valence-corrected chi connectivity index (χ4v) is 5.78. The van der Waals surface area contributed by atoms with Crippen molar-refractivity contribution in [1.29, 1.82) is 0 Å². The Morgan fingerprint density at radius 2 is 1.62 bits per heavy atom. The molecule has 1 atom stereocenters. The van der Waals surface area contributed by atoms with Gasteiger partial charge in [0, 0.05) is 45.9 Å². The Kier molecular flexibility index (Phi) is 7.69. The number of rotatable bonds is 7. The van der Waals surface area contributed by atoms with Crippen LogP contribution >= 0.6 is 11.8 Å². The number of halogens is 1. The molecule has 39 heavy (non-hydrogen) atoms. The Morgan fingerprint density at radius 1 is 0.949 bits per heavy atom. The molecule has 4 aromatic rings. The van der Waals surface area contributed by atoms with Gasteiger partial charge in [0.1, 0.15) is 5.82 Å². The van der Waals surface area contributed by atoms with Crippen molar-refractivity contribution in [2.24, 2.45) is 0 Å². The quantitative estimate of drug-likeness (QED) is 0.215. The summed E-state index contributed by atoms with van der Waals surface area (Å²) in [6.45, 7) is 0.161. The number of anilines is 1. The molecule has 4 aromatic carbocycles. The van der Waals surface area contributed by atoms with E-state index < -0.39 is 4.92 Å². The summed E-state index contributed by atoms with van der Waals surface area (Å²) in [5, 5.41) is 14.1. The number of nitrogens with one attached hydrogen (secondary N) is 1. The Balaban J connectivity index is 1.34. The summed E-state index contributed by atoms with van der Waals surface area (Å²) >= 11 is 1.54. The van der Waals surface area contributed by atoms with E-state index in [0.717, 1.165) is 10.5 Å². The van der Waals surface area contributed by atoms with Crippen molar-refractivity contribution in [3.05, 3.63) is 135 Å². The molecule has 1 unspecified atom stereocenters. The van der Waals surface area contributed by atoms with Crippen LogP contribution in [-0.2, 0) is 17.9 Å². The van der Waals surface area contributed by atoms with Crippen LogP contribution < -0.4 is 10.2 Å². The second-order valence-electron chi connectivity index (χ2n) is 9.04. The molecule has 5 rings (SSSR count). The smallest absolute Gasteiger partial charge is 0.274 e. The molecular formula is C30H24FN3O4S. The highest BCUT2D eigenvalue weighted by Crippen LogP contribution is 2.46. The largest absolute Gasteiger partial charge is 0.348 e. The Bertz CT molecular complexity index is 1540. The number of thioether (sulfide) groups is 1. The van der Waals surface area contributed by atoms with Gasteiger partial charge in [-0.1, -0.05) is 60.7 Å². The minimum Gasteiger partial charge on any atom is -0.348 e. The Labute approximate surface area is 228 Å². The van der Waals surface area contributed by atoms with Gasteiger partial charge in [-0.15, -0.1) is 11.8 Å². The van der Waals surface area contributed by atoms with Gasteiger partial charge in [0.15, 0.2) is 0 Å². The first-order valence-electron chi connectivity index (χ1n) is 12.3. The molecule has 0 spiro atoms. The maximum absolute atomic E-state index is 13.9.